The number of rotatable bonds is 1. The van der Waals surface area contributed by atoms with Crippen LogP contribution in [0.15, 0.2) is 24.3 Å². The molecule has 0 spiro atoms. The predicted octanol–water partition coefficient (Wildman–Crippen LogP) is 3.12. The van der Waals surface area contributed by atoms with Gasteiger partial charge in [0.25, 0.3) is 0 Å². The lowest BCUT2D eigenvalue weighted by Crippen LogP contribution is -1.82. The molecule has 0 fully saturated rings. The monoisotopic (exact) mass is 208 g/mol. The number of terminal acetylenes is 1. The first-order chi connectivity index (χ1) is 5.24. The third-order valence-corrected chi connectivity index (χ3v) is 2.07. The van der Waals surface area contributed by atoms with Crippen molar-refractivity contribution in [1.29, 1.82) is 0 Å². The van der Waals surface area contributed by atoms with Crippen molar-refractivity contribution in [2.45, 2.75) is 11.8 Å². The zero-order valence-corrected chi connectivity index (χ0v) is 7.93. The van der Waals surface area contributed by atoms with Gasteiger partial charge in [-0.05, 0) is 24.6 Å². The quantitative estimate of drug-likeness (QED) is 0.492. The molecule has 1 aromatic rings. The molecule has 1 unspecified atom stereocenters. The van der Waals surface area contributed by atoms with Crippen LogP contribution in [0.4, 0.5) is 0 Å². The molecule has 0 aromatic heterocycles. The van der Waals surface area contributed by atoms with Crippen LogP contribution in [0.3, 0.4) is 0 Å². The van der Waals surface area contributed by atoms with E-state index in [0.717, 1.165) is 5.56 Å². The fourth-order valence-electron chi connectivity index (χ4n) is 0.845. The first-order valence-corrected chi connectivity index (χ1v) is 4.36. The molecule has 1 aromatic carbocycles. The van der Waals surface area contributed by atoms with Crippen LogP contribution in [0.1, 0.15) is 22.9 Å². The number of hydrogen-bond acceptors (Lipinski definition) is 0. The summed E-state index contributed by atoms with van der Waals surface area (Å²) in [6.45, 7) is 2.09. The summed E-state index contributed by atoms with van der Waals surface area (Å²) in [4.78, 5) is 0.398. The molecule has 0 saturated carbocycles. The summed E-state index contributed by atoms with van der Waals surface area (Å²) in [7, 11) is 0. The summed E-state index contributed by atoms with van der Waals surface area (Å²) in [6, 6.07) is 7.98. The van der Waals surface area contributed by atoms with E-state index in [2.05, 4.69) is 28.8 Å². The molecule has 1 heteroatoms. The van der Waals surface area contributed by atoms with Gasteiger partial charge in [0.1, 0.15) is 0 Å². The molecule has 56 valence electrons. The Bertz CT molecular complexity index is 264. The minimum absolute atomic E-state index is 0.398. The lowest BCUT2D eigenvalue weighted by Gasteiger charge is -2.01. The second-order valence-electron chi connectivity index (χ2n) is 2.38. The highest BCUT2D eigenvalue weighted by Crippen LogP contribution is 2.21. The van der Waals surface area contributed by atoms with Gasteiger partial charge in [-0.1, -0.05) is 34.0 Å². The standard InChI is InChI=1S/C10H9Br/c1-3-9-4-6-10(7-5-9)8(2)11/h1,4-8H,2H3. The van der Waals surface area contributed by atoms with E-state index >= 15 is 0 Å². The Labute approximate surface area is 75.8 Å². The maximum Gasteiger partial charge on any atom is 0.0367 e. The Morgan fingerprint density at radius 3 is 2.27 bits per heavy atom. The van der Waals surface area contributed by atoms with Gasteiger partial charge in [-0.15, -0.1) is 6.42 Å². The largest absolute Gasteiger partial charge is 0.115 e. The lowest BCUT2D eigenvalue weighted by molar-refractivity contribution is 1.12. The lowest BCUT2D eigenvalue weighted by atomic mass is 10.1. The number of halogens is 1. The van der Waals surface area contributed by atoms with Crippen LogP contribution in [-0.4, -0.2) is 0 Å². The summed E-state index contributed by atoms with van der Waals surface area (Å²) in [5.41, 5.74) is 2.19. The summed E-state index contributed by atoms with van der Waals surface area (Å²) in [5.74, 6) is 2.58. The van der Waals surface area contributed by atoms with Crippen LogP contribution in [0, 0.1) is 12.3 Å². The third kappa shape index (κ3) is 2.10. The van der Waals surface area contributed by atoms with Gasteiger partial charge in [0, 0.05) is 10.4 Å². The van der Waals surface area contributed by atoms with Crippen LogP contribution >= 0.6 is 15.9 Å². The molecule has 11 heavy (non-hydrogen) atoms. The van der Waals surface area contributed by atoms with Gasteiger partial charge in [-0.2, -0.15) is 0 Å². The van der Waals surface area contributed by atoms with Crippen molar-refractivity contribution in [1.82, 2.24) is 0 Å². The highest BCUT2D eigenvalue weighted by Gasteiger charge is 1.97. The fourth-order valence-corrected chi connectivity index (χ4v) is 1.15. The van der Waals surface area contributed by atoms with Crippen molar-refractivity contribution in [3.8, 4) is 12.3 Å². The smallest absolute Gasteiger partial charge is 0.0367 e. The Kier molecular flexibility index (Phi) is 2.73. The summed E-state index contributed by atoms with van der Waals surface area (Å²) >= 11 is 3.48. The van der Waals surface area contributed by atoms with E-state index in [-0.39, 0.29) is 0 Å². The average Bonchev–Trinajstić information content (AvgIpc) is 2.05. The van der Waals surface area contributed by atoms with Crippen LogP contribution in [0.25, 0.3) is 0 Å². The second-order valence-corrected chi connectivity index (χ2v) is 3.76. The first-order valence-electron chi connectivity index (χ1n) is 3.44. The predicted molar refractivity (Wildman–Crippen MR) is 51.7 cm³/mol. The molecular formula is C10H9Br. The Hall–Kier alpha value is -0.740. The Morgan fingerprint density at radius 1 is 1.36 bits per heavy atom. The maximum atomic E-state index is 5.21. The van der Waals surface area contributed by atoms with Gasteiger partial charge in [-0.25, -0.2) is 0 Å². The molecule has 0 bridgehead atoms. The average molecular weight is 209 g/mol. The van der Waals surface area contributed by atoms with E-state index < -0.39 is 0 Å². The highest BCUT2D eigenvalue weighted by molar-refractivity contribution is 9.09. The maximum absolute atomic E-state index is 5.21. The van der Waals surface area contributed by atoms with Crippen molar-refractivity contribution in [2.24, 2.45) is 0 Å². The van der Waals surface area contributed by atoms with Gasteiger partial charge in [0.15, 0.2) is 0 Å². The van der Waals surface area contributed by atoms with E-state index in [1.807, 2.05) is 24.3 Å². The normalized spacial score (nSPS) is 12.1. The van der Waals surface area contributed by atoms with E-state index in [4.69, 9.17) is 6.42 Å². The molecule has 0 nitrogen and oxygen atoms in total. The van der Waals surface area contributed by atoms with E-state index in [1.54, 1.807) is 0 Å². The zero-order valence-electron chi connectivity index (χ0n) is 6.34. The zero-order chi connectivity index (χ0) is 8.27. The summed E-state index contributed by atoms with van der Waals surface area (Å²) in [6.07, 6.45) is 5.21. The van der Waals surface area contributed by atoms with Crippen molar-refractivity contribution in [2.75, 3.05) is 0 Å². The molecule has 0 amide bonds. The Morgan fingerprint density at radius 2 is 1.91 bits per heavy atom. The van der Waals surface area contributed by atoms with Gasteiger partial charge in [-0.3, -0.25) is 0 Å². The van der Waals surface area contributed by atoms with Crippen molar-refractivity contribution in [3.63, 3.8) is 0 Å². The highest BCUT2D eigenvalue weighted by atomic mass is 79.9. The van der Waals surface area contributed by atoms with Gasteiger partial charge >= 0.3 is 0 Å². The number of alkyl halides is 1. The van der Waals surface area contributed by atoms with E-state index in [1.165, 1.54) is 5.56 Å². The minimum Gasteiger partial charge on any atom is -0.115 e. The van der Waals surface area contributed by atoms with Crippen molar-refractivity contribution in [3.05, 3.63) is 35.4 Å². The molecule has 1 rings (SSSR count). The third-order valence-electron chi connectivity index (χ3n) is 1.54. The van der Waals surface area contributed by atoms with Gasteiger partial charge in [0.2, 0.25) is 0 Å². The molecule has 0 aliphatic carbocycles. The molecular weight excluding hydrogens is 200 g/mol. The summed E-state index contributed by atoms with van der Waals surface area (Å²) < 4.78 is 0. The first kappa shape index (κ1) is 8.36. The van der Waals surface area contributed by atoms with Crippen molar-refractivity contribution < 1.29 is 0 Å². The van der Waals surface area contributed by atoms with E-state index in [9.17, 15) is 0 Å². The minimum atomic E-state index is 0.398. The van der Waals surface area contributed by atoms with Gasteiger partial charge < -0.3 is 0 Å². The molecule has 0 radical (unpaired) electrons. The summed E-state index contributed by atoms with van der Waals surface area (Å²) in [5, 5.41) is 0. The second kappa shape index (κ2) is 3.59. The van der Waals surface area contributed by atoms with Crippen LogP contribution in [-0.2, 0) is 0 Å². The fraction of sp³-hybridized carbons (Fsp3) is 0.200. The van der Waals surface area contributed by atoms with Crippen LogP contribution in [0.5, 0.6) is 0 Å². The molecule has 0 N–H and O–H groups in total. The molecule has 0 heterocycles. The molecule has 0 saturated heterocycles. The number of hydrogen-bond donors (Lipinski definition) is 0. The number of benzene rings is 1. The van der Waals surface area contributed by atoms with Gasteiger partial charge in [0.05, 0.1) is 0 Å². The molecule has 1 atom stereocenters. The van der Waals surface area contributed by atoms with Crippen molar-refractivity contribution >= 4 is 15.9 Å². The van der Waals surface area contributed by atoms with Crippen LogP contribution < -0.4 is 0 Å². The SMILES string of the molecule is C#Cc1ccc(C(C)Br)cc1. The topological polar surface area (TPSA) is 0 Å². The molecule has 0 aliphatic rings. The van der Waals surface area contributed by atoms with Crippen LogP contribution in [0.2, 0.25) is 0 Å². The Balaban J connectivity index is 2.94. The molecule has 0 aliphatic heterocycles. The van der Waals surface area contributed by atoms with E-state index in [0.29, 0.717) is 4.83 Å².